The zero-order valence-electron chi connectivity index (χ0n) is 19.5. The fraction of sp³-hybridized carbons (Fsp3) is 0.0714. The third-order valence-corrected chi connectivity index (χ3v) is 5.88. The van der Waals surface area contributed by atoms with E-state index in [1.165, 1.54) is 12.1 Å². The van der Waals surface area contributed by atoms with E-state index in [4.69, 9.17) is 0 Å². The second-order valence-electron chi connectivity index (χ2n) is 8.30. The zero-order valence-corrected chi connectivity index (χ0v) is 19.5. The molecule has 0 bridgehead atoms. The minimum atomic E-state index is -0.425. The number of hydrogen-bond acceptors (Lipinski definition) is 5. The number of carbonyl (C=O) groups excluding carboxylic acids is 1. The van der Waals surface area contributed by atoms with Crippen molar-refractivity contribution in [3.63, 3.8) is 0 Å². The van der Waals surface area contributed by atoms with Crippen molar-refractivity contribution in [2.45, 2.75) is 13.3 Å². The van der Waals surface area contributed by atoms with Crippen molar-refractivity contribution in [3.8, 4) is 0 Å². The molecule has 36 heavy (non-hydrogen) atoms. The molecule has 2 amide bonds. The predicted octanol–water partition coefficient (Wildman–Crippen LogP) is 7.25. The first-order valence-corrected chi connectivity index (χ1v) is 11.5. The monoisotopic (exact) mass is 477 g/mol. The molecule has 178 valence electrons. The lowest BCUT2D eigenvalue weighted by Gasteiger charge is -2.14. The van der Waals surface area contributed by atoms with Gasteiger partial charge < -0.3 is 16.0 Å². The van der Waals surface area contributed by atoms with Gasteiger partial charge in [-0.2, -0.15) is 0 Å². The molecule has 3 N–H and O–H groups in total. The molecular formula is C28H23N5O3. The SMILES string of the molecule is CCc1cccc(NC(=O)Nc2ccc(Nc3c4ccccc4nc4cc([N+](=O)[O-])ccc34)cc2)c1. The number of non-ortho nitro benzene ring substituents is 1. The first kappa shape index (κ1) is 22.8. The Morgan fingerprint density at radius 2 is 1.53 bits per heavy atom. The lowest BCUT2D eigenvalue weighted by atomic mass is 10.1. The Kier molecular flexibility index (Phi) is 6.15. The zero-order chi connectivity index (χ0) is 25.1. The lowest BCUT2D eigenvalue weighted by molar-refractivity contribution is -0.384. The number of nitro benzene ring substituents is 1. The number of pyridine rings is 1. The predicted molar refractivity (Wildman–Crippen MR) is 144 cm³/mol. The van der Waals surface area contributed by atoms with Crippen molar-refractivity contribution in [1.82, 2.24) is 4.98 Å². The maximum atomic E-state index is 12.4. The van der Waals surface area contributed by atoms with Crippen molar-refractivity contribution in [3.05, 3.63) is 107 Å². The van der Waals surface area contributed by atoms with Gasteiger partial charge in [-0.25, -0.2) is 9.78 Å². The highest BCUT2D eigenvalue weighted by Crippen LogP contribution is 2.34. The van der Waals surface area contributed by atoms with Crippen molar-refractivity contribution in [1.29, 1.82) is 0 Å². The summed E-state index contributed by atoms with van der Waals surface area (Å²) in [7, 11) is 0. The molecule has 0 aliphatic carbocycles. The van der Waals surface area contributed by atoms with Gasteiger partial charge in [0.1, 0.15) is 0 Å². The number of carbonyl (C=O) groups is 1. The molecule has 1 heterocycles. The largest absolute Gasteiger partial charge is 0.354 e. The van der Waals surface area contributed by atoms with Crippen LogP contribution in [0.4, 0.5) is 33.2 Å². The average molecular weight is 478 g/mol. The molecule has 8 heteroatoms. The summed E-state index contributed by atoms with van der Waals surface area (Å²) < 4.78 is 0. The molecule has 4 aromatic carbocycles. The van der Waals surface area contributed by atoms with Gasteiger partial charge in [0.25, 0.3) is 5.69 Å². The molecule has 0 atom stereocenters. The first-order valence-electron chi connectivity index (χ1n) is 11.5. The van der Waals surface area contributed by atoms with Crippen molar-refractivity contribution in [2.24, 2.45) is 0 Å². The van der Waals surface area contributed by atoms with Crippen LogP contribution in [0.2, 0.25) is 0 Å². The molecule has 0 unspecified atom stereocenters. The summed E-state index contributed by atoms with van der Waals surface area (Å²) in [5.41, 5.74) is 5.39. The number of aromatic nitrogens is 1. The number of rotatable bonds is 6. The van der Waals surface area contributed by atoms with E-state index in [2.05, 4.69) is 27.9 Å². The number of fused-ring (bicyclic) bond motifs is 2. The van der Waals surface area contributed by atoms with E-state index in [-0.39, 0.29) is 11.7 Å². The Balaban J connectivity index is 1.38. The van der Waals surface area contributed by atoms with Gasteiger partial charge in [-0.15, -0.1) is 0 Å². The third-order valence-electron chi connectivity index (χ3n) is 5.88. The van der Waals surface area contributed by atoms with Gasteiger partial charge in [-0.3, -0.25) is 10.1 Å². The van der Waals surface area contributed by atoms with Crippen LogP contribution in [-0.4, -0.2) is 15.9 Å². The standard InChI is InChI=1S/C28H23N5O3/c1-2-18-6-5-7-21(16-18)31-28(34)30-20-12-10-19(11-13-20)29-27-23-8-3-4-9-25(23)32-26-17-22(33(35)36)14-15-24(26)27/h3-17H,2H2,1H3,(H,29,32)(H2,30,31,34). The minimum absolute atomic E-state index is 0.00800. The molecule has 8 nitrogen and oxygen atoms in total. The van der Waals surface area contributed by atoms with Crippen LogP contribution in [-0.2, 0) is 6.42 Å². The smallest absolute Gasteiger partial charge is 0.323 e. The number of para-hydroxylation sites is 1. The lowest BCUT2D eigenvalue weighted by Crippen LogP contribution is -2.19. The summed E-state index contributed by atoms with van der Waals surface area (Å²) in [6.07, 6.45) is 0.893. The number of benzene rings is 4. The van der Waals surface area contributed by atoms with Gasteiger partial charge in [0.15, 0.2) is 0 Å². The average Bonchev–Trinajstić information content (AvgIpc) is 2.89. The summed E-state index contributed by atoms with van der Waals surface area (Å²) >= 11 is 0. The Hall–Kier alpha value is -4.98. The van der Waals surface area contributed by atoms with Gasteiger partial charge in [-0.1, -0.05) is 37.3 Å². The van der Waals surface area contributed by atoms with Gasteiger partial charge >= 0.3 is 6.03 Å². The number of nitro groups is 1. The number of urea groups is 1. The number of nitrogens with zero attached hydrogens (tertiary/aromatic N) is 2. The topological polar surface area (TPSA) is 109 Å². The highest BCUT2D eigenvalue weighted by Gasteiger charge is 2.13. The van der Waals surface area contributed by atoms with Gasteiger partial charge in [0, 0.05) is 40.0 Å². The van der Waals surface area contributed by atoms with E-state index in [1.54, 1.807) is 18.2 Å². The van der Waals surface area contributed by atoms with Crippen LogP contribution in [0.5, 0.6) is 0 Å². The summed E-state index contributed by atoms with van der Waals surface area (Å²) in [6.45, 7) is 2.07. The van der Waals surface area contributed by atoms with Gasteiger partial charge in [-0.05, 0) is 60.5 Å². The number of hydrogen-bond donors (Lipinski definition) is 3. The maximum absolute atomic E-state index is 12.4. The van der Waals surface area contributed by atoms with Crippen LogP contribution in [0.1, 0.15) is 12.5 Å². The van der Waals surface area contributed by atoms with Crippen LogP contribution in [0.25, 0.3) is 21.8 Å². The molecule has 0 saturated carbocycles. The molecule has 0 aliphatic heterocycles. The van der Waals surface area contributed by atoms with E-state index in [1.807, 2.05) is 60.7 Å². The number of aryl methyl sites for hydroxylation is 1. The second kappa shape index (κ2) is 9.71. The summed E-state index contributed by atoms with van der Waals surface area (Å²) in [6, 6.07) is 27.1. The van der Waals surface area contributed by atoms with E-state index in [0.29, 0.717) is 11.2 Å². The molecule has 0 fully saturated rings. The van der Waals surface area contributed by atoms with Crippen molar-refractivity contribution >= 4 is 56.3 Å². The Morgan fingerprint density at radius 1 is 0.806 bits per heavy atom. The maximum Gasteiger partial charge on any atom is 0.323 e. The van der Waals surface area contributed by atoms with Crippen LogP contribution < -0.4 is 16.0 Å². The van der Waals surface area contributed by atoms with E-state index in [0.717, 1.165) is 45.3 Å². The molecule has 0 saturated heterocycles. The molecule has 0 spiro atoms. The normalized spacial score (nSPS) is 10.8. The molecule has 5 rings (SSSR count). The first-order chi connectivity index (χ1) is 17.5. The highest BCUT2D eigenvalue weighted by atomic mass is 16.6. The third kappa shape index (κ3) is 4.78. The summed E-state index contributed by atoms with van der Waals surface area (Å²) in [5, 5.41) is 22.1. The van der Waals surface area contributed by atoms with Crippen LogP contribution in [0.15, 0.2) is 91.0 Å². The van der Waals surface area contributed by atoms with Crippen LogP contribution >= 0.6 is 0 Å². The van der Waals surface area contributed by atoms with E-state index < -0.39 is 4.92 Å². The molecule has 5 aromatic rings. The highest BCUT2D eigenvalue weighted by molar-refractivity contribution is 6.09. The molecule has 0 radical (unpaired) electrons. The molecule has 1 aromatic heterocycles. The second-order valence-corrected chi connectivity index (χ2v) is 8.30. The minimum Gasteiger partial charge on any atom is -0.354 e. The van der Waals surface area contributed by atoms with Crippen molar-refractivity contribution in [2.75, 3.05) is 16.0 Å². The van der Waals surface area contributed by atoms with E-state index >= 15 is 0 Å². The van der Waals surface area contributed by atoms with Gasteiger partial charge in [0.2, 0.25) is 0 Å². The fourth-order valence-corrected chi connectivity index (χ4v) is 4.07. The summed E-state index contributed by atoms with van der Waals surface area (Å²) in [5.74, 6) is 0. The molecular weight excluding hydrogens is 454 g/mol. The van der Waals surface area contributed by atoms with Crippen LogP contribution in [0.3, 0.4) is 0 Å². The quantitative estimate of drug-likeness (QED) is 0.136. The number of anilines is 4. The Morgan fingerprint density at radius 3 is 2.31 bits per heavy atom. The van der Waals surface area contributed by atoms with Gasteiger partial charge in [0.05, 0.1) is 21.6 Å². The van der Waals surface area contributed by atoms with E-state index in [9.17, 15) is 14.9 Å². The number of amides is 2. The Labute approximate surface area is 207 Å². The van der Waals surface area contributed by atoms with Crippen molar-refractivity contribution < 1.29 is 9.72 Å². The Bertz CT molecular complexity index is 1600. The van der Waals surface area contributed by atoms with Crippen LogP contribution in [0, 0.1) is 10.1 Å². The fourth-order valence-electron chi connectivity index (χ4n) is 4.07. The number of nitrogens with one attached hydrogen (secondary N) is 3. The molecule has 0 aliphatic rings. The summed E-state index contributed by atoms with van der Waals surface area (Å²) in [4.78, 5) is 27.9.